The lowest BCUT2D eigenvalue weighted by Crippen LogP contribution is -2.28. The zero-order valence-electron chi connectivity index (χ0n) is 10.3. The summed E-state index contributed by atoms with van der Waals surface area (Å²) >= 11 is 3.21. The smallest absolute Gasteiger partial charge is 0.229 e. The number of hydrogen-bond acceptors (Lipinski definition) is 4. The maximum atomic E-state index is 12.0. The van der Waals surface area contributed by atoms with E-state index in [1.54, 1.807) is 19.1 Å². The number of primary sulfonamides is 1. The lowest BCUT2D eigenvalue weighted by molar-refractivity contribution is 0.576. The van der Waals surface area contributed by atoms with Crippen LogP contribution in [0, 0.1) is 6.92 Å². The van der Waals surface area contributed by atoms with Gasteiger partial charge in [-0.05, 0) is 31.0 Å². The first-order valence-corrected chi connectivity index (χ1v) is 9.37. The Morgan fingerprint density at radius 3 is 2.47 bits per heavy atom. The van der Waals surface area contributed by atoms with E-state index < -0.39 is 20.0 Å². The summed E-state index contributed by atoms with van der Waals surface area (Å²) in [4.78, 5) is 0.164. The van der Waals surface area contributed by atoms with E-state index in [1.165, 1.54) is 6.07 Å². The lowest BCUT2D eigenvalue weighted by Gasteiger charge is -2.09. The molecular formula is C10H15BrN2O4S2. The van der Waals surface area contributed by atoms with Crippen molar-refractivity contribution in [1.29, 1.82) is 0 Å². The SMILES string of the molecule is Cc1ccc(Br)cc1S(=O)(=O)NCCCS(N)(=O)=O. The minimum Gasteiger partial charge on any atom is -0.229 e. The number of rotatable bonds is 6. The first-order chi connectivity index (χ1) is 8.62. The van der Waals surface area contributed by atoms with E-state index in [1.807, 2.05) is 0 Å². The molecule has 0 aromatic heterocycles. The molecule has 6 nitrogen and oxygen atoms in total. The van der Waals surface area contributed by atoms with Gasteiger partial charge in [0.25, 0.3) is 0 Å². The van der Waals surface area contributed by atoms with Crippen LogP contribution in [-0.2, 0) is 20.0 Å². The van der Waals surface area contributed by atoms with Gasteiger partial charge in [0.2, 0.25) is 20.0 Å². The van der Waals surface area contributed by atoms with E-state index in [0.717, 1.165) is 0 Å². The Balaban J connectivity index is 2.74. The Labute approximate surface area is 121 Å². The van der Waals surface area contributed by atoms with Gasteiger partial charge in [0.05, 0.1) is 10.6 Å². The van der Waals surface area contributed by atoms with Crippen LogP contribution in [0.5, 0.6) is 0 Å². The van der Waals surface area contributed by atoms with Crippen LogP contribution in [0.3, 0.4) is 0 Å². The van der Waals surface area contributed by atoms with Gasteiger partial charge in [-0.25, -0.2) is 26.7 Å². The Bertz CT molecular complexity index is 656. The van der Waals surface area contributed by atoms with E-state index in [0.29, 0.717) is 10.0 Å². The largest absolute Gasteiger partial charge is 0.240 e. The molecule has 3 N–H and O–H groups in total. The number of nitrogens with one attached hydrogen (secondary N) is 1. The second-order valence-corrected chi connectivity index (χ2v) is 8.41. The van der Waals surface area contributed by atoms with Gasteiger partial charge < -0.3 is 0 Å². The highest BCUT2D eigenvalue weighted by molar-refractivity contribution is 9.10. The zero-order valence-corrected chi connectivity index (χ0v) is 13.5. The fourth-order valence-corrected chi connectivity index (χ4v) is 3.82. The molecule has 1 aromatic rings. The van der Waals surface area contributed by atoms with Crippen LogP contribution in [0.2, 0.25) is 0 Å². The van der Waals surface area contributed by atoms with Crippen LogP contribution < -0.4 is 9.86 Å². The molecule has 0 heterocycles. The summed E-state index contributed by atoms with van der Waals surface area (Å²) < 4.78 is 48.5. The average Bonchev–Trinajstić information content (AvgIpc) is 2.26. The van der Waals surface area contributed by atoms with Crippen molar-refractivity contribution in [1.82, 2.24) is 4.72 Å². The highest BCUT2D eigenvalue weighted by Gasteiger charge is 2.16. The fraction of sp³-hybridized carbons (Fsp3) is 0.400. The van der Waals surface area contributed by atoms with Gasteiger partial charge in [0.15, 0.2) is 0 Å². The summed E-state index contributed by atoms with van der Waals surface area (Å²) in [5, 5.41) is 4.83. The van der Waals surface area contributed by atoms with E-state index in [4.69, 9.17) is 5.14 Å². The summed E-state index contributed by atoms with van der Waals surface area (Å²) in [5.41, 5.74) is 0.613. The number of benzene rings is 1. The van der Waals surface area contributed by atoms with E-state index in [2.05, 4.69) is 20.7 Å². The molecule has 0 amide bonds. The van der Waals surface area contributed by atoms with Gasteiger partial charge in [0, 0.05) is 11.0 Å². The van der Waals surface area contributed by atoms with E-state index in [-0.39, 0.29) is 23.6 Å². The minimum atomic E-state index is -3.65. The number of aryl methyl sites for hydroxylation is 1. The van der Waals surface area contributed by atoms with E-state index >= 15 is 0 Å². The number of halogens is 1. The summed E-state index contributed by atoms with van der Waals surface area (Å²) in [7, 11) is -7.21. The van der Waals surface area contributed by atoms with Crippen molar-refractivity contribution in [3.63, 3.8) is 0 Å². The molecule has 0 spiro atoms. The monoisotopic (exact) mass is 370 g/mol. The van der Waals surface area contributed by atoms with Gasteiger partial charge in [-0.15, -0.1) is 0 Å². The molecule has 0 aliphatic heterocycles. The zero-order chi connectivity index (χ0) is 14.7. The molecule has 0 atom stereocenters. The van der Waals surface area contributed by atoms with Crippen molar-refractivity contribution < 1.29 is 16.8 Å². The van der Waals surface area contributed by atoms with E-state index in [9.17, 15) is 16.8 Å². The molecule has 108 valence electrons. The third kappa shape index (κ3) is 5.57. The summed E-state index contributed by atoms with van der Waals surface area (Å²) in [6.07, 6.45) is 0.130. The number of nitrogens with two attached hydrogens (primary N) is 1. The Morgan fingerprint density at radius 1 is 1.26 bits per heavy atom. The molecule has 9 heteroatoms. The second kappa shape index (κ2) is 6.31. The van der Waals surface area contributed by atoms with Crippen LogP contribution in [0.4, 0.5) is 0 Å². The van der Waals surface area contributed by atoms with Crippen molar-refractivity contribution in [3.8, 4) is 0 Å². The molecule has 19 heavy (non-hydrogen) atoms. The average molecular weight is 371 g/mol. The van der Waals surface area contributed by atoms with Crippen LogP contribution in [0.1, 0.15) is 12.0 Å². The maximum Gasteiger partial charge on any atom is 0.240 e. The first kappa shape index (κ1) is 16.6. The first-order valence-electron chi connectivity index (χ1n) is 5.38. The molecule has 0 aliphatic rings. The quantitative estimate of drug-likeness (QED) is 0.719. The number of hydrogen-bond donors (Lipinski definition) is 2. The van der Waals surface area contributed by atoms with Crippen LogP contribution in [0.25, 0.3) is 0 Å². The fourth-order valence-electron chi connectivity index (χ4n) is 1.42. The van der Waals surface area contributed by atoms with Crippen LogP contribution in [-0.4, -0.2) is 29.1 Å². The van der Waals surface area contributed by atoms with Crippen molar-refractivity contribution in [2.45, 2.75) is 18.2 Å². The third-order valence-corrected chi connectivity index (χ3v) is 5.29. The van der Waals surface area contributed by atoms with Crippen molar-refractivity contribution in [2.75, 3.05) is 12.3 Å². The van der Waals surface area contributed by atoms with Crippen molar-refractivity contribution >= 4 is 36.0 Å². The Morgan fingerprint density at radius 2 is 1.89 bits per heavy atom. The molecule has 0 radical (unpaired) electrons. The number of sulfonamides is 2. The molecule has 0 bridgehead atoms. The summed E-state index contributed by atoms with van der Waals surface area (Å²) in [6.45, 7) is 1.70. The molecule has 0 aliphatic carbocycles. The summed E-state index contributed by atoms with van der Waals surface area (Å²) in [6, 6.07) is 4.93. The molecule has 0 unspecified atom stereocenters. The van der Waals surface area contributed by atoms with Crippen LogP contribution >= 0.6 is 15.9 Å². The predicted octanol–water partition coefficient (Wildman–Crippen LogP) is 0.714. The van der Waals surface area contributed by atoms with Crippen LogP contribution in [0.15, 0.2) is 27.6 Å². The third-order valence-electron chi connectivity index (χ3n) is 2.34. The maximum absolute atomic E-state index is 12.0. The second-order valence-electron chi connectivity index (χ2n) is 4.03. The van der Waals surface area contributed by atoms with Gasteiger partial charge in [0.1, 0.15) is 0 Å². The lowest BCUT2D eigenvalue weighted by atomic mass is 10.2. The predicted molar refractivity (Wildman–Crippen MR) is 76.7 cm³/mol. The molecular weight excluding hydrogens is 356 g/mol. The molecule has 0 fully saturated rings. The molecule has 0 saturated carbocycles. The Hall–Kier alpha value is -0.480. The highest BCUT2D eigenvalue weighted by atomic mass is 79.9. The summed E-state index contributed by atoms with van der Waals surface area (Å²) in [5.74, 6) is -0.257. The van der Waals surface area contributed by atoms with Gasteiger partial charge in [-0.3, -0.25) is 0 Å². The standard InChI is InChI=1S/C10H15BrN2O4S2/c1-8-3-4-9(11)7-10(8)19(16,17)13-5-2-6-18(12,14)15/h3-4,7,13H,2,5-6H2,1H3,(H2,12,14,15). The van der Waals surface area contributed by atoms with Crippen molar-refractivity contribution in [3.05, 3.63) is 28.2 Å². The van der Waals surface area contributed by atoms with Gasteiger partial charge >= 0.3 is 0 Å². The van der Waals surface area contributed by atoms with Crippen molar-refractivity contribution in [2.24, 2.45) is 5.14 Å². The Kier molecular flexibility index (Phi) is 5.51. The van der Waals surface area contributed by atoms with Gasteiger partial charge in [-0.2, -0.15) is 0 Å². The normalized spacial score (nSPS) is 12.6. The minimum absolute atomic E-state index is 0.0186. The van der Waals surface area contributed by atoms with Gasteiger partial charge in [-0.1, -0.05) is 22.0 Å². The molecule has 0 saturated heterocycles. The molecule has 1 rings (SSSR count). The molecule has 1 aromatic carbocycles. The highest BCUT2D eigenvalue weighted by Crippen LogP contribution is 2.20. The topological polar surface area (TPSA) is 106 Å².